The molecular weight excluding hydrogens is 450 g/mol. The Morgan fingerprint density at radius 3 is 2.75 bits per heavy atom. The summed E-state index contributed by atoms with van der Waals surface area (Å²) in [5.41, 5.74) is -0.0443. The summed E-state index contributed by atoms with van der Waals surface area (Å²) in [6.45, 7) is 1.85. The van der Waals surface area contributed by atoms with Gasteiger partial charge in [0.2, 0.25) is 5.91 Å². The summed E-state index contributed by atoms with van der Waals surface area (Å²) in [6.07, 6.45) is 0.191. The third-order valence-electron chi connectivity index (χ3n) is 4.59. The summed E-state index contributed by atoms with van der Waals surface area (Å²) >= 11 is 2.64. The molecule has 0 aliphatic carbocycles. The summed E-state index contributed by atoms with van der Waals surface area (Å²) < 4.78 is 11.5. The number of carbonyl (C=O) groups is 2. The second-order valence-corrected chi connectivity index (χ2v) is 8.56. The van der Waals surface area contributed by atoms with E-state index in [0.717, 1.165) is 20.9 Å². The molecule has 3 heterocycles. The highest BCUT2D eigenvalue weighted by Crippen LogP contribution is 2.31. The lowest BCUT2D eigenvalue weighted by Gasteiger charge is -2.10. The van der Waals surface area contributed by atoms with Gasteiger partial charge >= 0.3 is 5.97 Å². The molecule has 0 atom stereocenters. The number of rotatable bonds is 7. The molecular formula is C22H19N3O5S2. The molecule has 10 heteroatoms. The first-order valence-electron chi connectivity index (χ1n) is 9.70. The van der Waals surface area contributed by atoms with E-state index in [1.54, 1.807) is 36.6 Å². The standard InChI is InChI=1S/C22H19N3O5S2/c1-3-30-22(28)19-16-12-32-20(23-17(26)11-15-8-5-9-31-15)18(16)21(27)25(24-19)13-6-4-7-14(10-13)29-2/h4-10,12H,3,11H2,1-2H3,(H,23,26). The first-order valence-corrected chi connectivity index (χ1v) is 11.5. The molecule has 0 fully saturated rings. The first-order chi connectivity index (χ1) is 15.5. The molecule has 4 aromatic rings. The van der Waals surface area contributed by atoms with E-state index < -0.39 is 11.5 Å². The van der Waals surface area contributed by atoms with Gasteiger partial charge in [-0.1, -0.05) is 12.1 Å². The van der Waals surface area contributed by atoms with Gasteiger partial charge in [-0.05, 0) is 30.5 Å². The Labute approximate surface area is 191 Å². The summed E-state index contributed by atoms with van der Waals surface area (Å²) in [4.78, 5) is 39.5. The molecule has 8 nitrogen and oxygen atoms in total. The minimum Gasteiger partial charge on any atom is -0.497 e. The molecule has 32 heavy (non-hydrogen) atoms. The number of hydrogen-bond acceptors (Lipinski definition) is 8. The molecule has 4 rings (SSSR count). The Hall–Kier alpha value is -3.50. The Morgan fingerprint density at radius 2 is 2.03 bits per heavy atom. The zero-order chi connectivity index (χ0) is 22.7. The van der Waals surface area contributed by atoms with Gasteiger partial charge in [0.15, 0.2) is 5.69 Å². The Balaban J connectivity index is 1.84. The molecule has 1 aromatic carbocycles. The number of aromatic nitrogens is 2. The molecule has 1 N–H and O–H groups in total. The maximum Gasteiger partial charge on any atom is 0.359 e. The number of esters is 1. The molecule has 0 saturated carbocycles. The number of ether oxygens (including phenoxy) is 2. The number of nitrogens with one attached hydrogen (secondary N) is 1. The van der Waals surface area contributed by atoms with E-state index in [2.05, 4.69) is 10.4 Å². The highest BCUT2D eigenvalue weighted by atomic mass is 32.1. The lowest BCUT2D eigenvalue weighted by molar-refractivity contribution is -0.115. The van der Waals surface area contributed by atoms with Crippen molar-refractivity contribution in [2.45, 2.75) is 13.3 Å². The number of thiophene rings is 2. The number of nitrogens with zero attached hydrogens (tertiary/aromatic N) is 2. The van der Waals surface area contributed by atoms with Crippen LogP contribution < -0.4 is 15.6 Å². The van der Waals surface area contributed by atoms with Gasteiger partial charge in [0.05, 0.1) is 31.2 Å². The third kappa shape index (κ3) is 4.27. The second kappa shape index (κ2) is 9.33. The third-order valence-corrected chi connectivity index (χ3v) is 6.36. The number of amides is 1. The second-order valence-electron chi connectivity index (χ2n) is 6.65. The van der Waals surface area contributed by atoms with E-state index in [1.165, 1.54) is 18.4 Å². The first kappa shape index (κ1) is 21.7. The van der Waals surface area contributed by atoms with Crippen molar-refractivity contribution in [2.24, 2.45) is 0 Å². The van der Waals surface area contributed by atoms with Crippen LogP contribution >= 0.6 is 22.7 Å². The van der Waals surface area contributed by atoms with Gasteiger partial charge in [0, 0.05) is 21.7 Å². The fraction of sp³-hybridized carbons (Fsp3) is 0.182. The largest absolute Gasteiger partial charge is 0.497 e. The number of methoxy groups -OCH3 is 1. The molecule has 1 amide bonds. The highest BCUT2D eigenvalue weighted by molar-refractivity contribution is 7.16. The quantitative estimate of drug-likeness (QED) is 0.413. The summed E-state index contributed by atoms with van der Waals surface area (Å²) in [5.74, 6) is -0.370. The minimum absolute atomic E-state index is 0.000671. The van der Waals surface area contributed by atoms with Crippen molar-refractivity contribution in [3.8, 4) is 11.4 Å². The van der Waals surface area contributed by atoms with Crippen molar-refractivity contribution in [1.82, 2.24) is 9.78 Å². The summed E-state index contributed by atoms with van der Waals surface area (Å²) in [7, 11) is 1.52. The van der Waals surface area contributed by atoms with Crippen LogP contribution in [0, 0.1) is 0 Å². The average Bonchev–Trinajstić information content (AvgIpc) is 3.44. The molecule has 0 spiro atoms. The van der Waals surface area contributed by atoms with E-state index in [0.29, 0.717) is 21.8 Å². The topological polar surface area (TPSA) is 99.5 Å². The highest BCUT2D eigenvalue weighted by Gasteiger charge is 2.23. The predicted molar refractivity (Wildman–Crippen MR) is 124 cm³/mol. The van der Waals surface area contributed by atoms with Crippen molar-refractivity contribution in [3.63, 3.8) is 0 Å². The molecule has 0 saturated heterocycles. The van der Waals surface area contributed by atoms with E-state index in [4.69, 9.17) is 9.47 Å². The SMILES string of the molecule is CCOC(=O)c1nn(-c2cccc(OC)c2)c(=O)c2c(NC(=O)Cc3cccs3)scc12. The predicted octanol–water partition coefficient (Wildman–Crippen LogP) is 3.88. The van der Waals surface area contributed by atoms with E-state index >= 15 is 0 Å². The fourth-order valence-electron chi connectivity index (χ4n) is 3.15. The number of fused-ring (bicyclic) bond motifs is 1. The normalized spacial score (nSPS) is 10.8. The summed E-state index contributed by atoms with van der Waals surface area (Å²) in [5, 5.41) is 11.5. The number of carbonyl (C=O) groups excluding carboxylic acids is 2. The van der Waals surface area contributed by atoms with Gasteiger partial charge < -0.3 is 14.8 Å². The van der Waals surface area contributed by atoms with Gasteiger partial charge in [-0.15, -0.1) is 22.7 Å². The van der Waals surface area contributed by atoms with Crippen LogP contribution in [-0.4, -0.2) is 35.4 Å². The molecule has 0 aliphatic heterocycles. The van der Waals surface area contributed by atoms with Gasteiger partial charge in [0.25, 0.3) is 5.56 Å². The Bertz CT molecular complexity index is 1340. The smallest absolute Gasteiger partial charge is 0.359 e. The minimum atomic E-state index is -0.650. The lowest BCUT2D eigenvalue weighted by atomic mass is 10.2. The van der Waals surface area contributed by atoms with E-state index in [1.807, 2.05) is 17.5 Å². The zero-order valence-corrected chi connectivity index (χ0v) is 18.9. The molecule has 0 aliphatic rings. The number of benzene rings is 1. The summed E-state index contributed by atoms with van der Waals surface area (Å²) in [6, 6.07) is 10.5. The van der Waals surface area contributed by atoms with Crippen molar-refractivity contribution in [3.05, 3.63) is 68.1 Å². The van der Waals surface area contributed by atoms with Crippen molar-refractivity contribution in [1.29, 1.82) is 0 Å². The van der Waals surface area contributed by atoms with Crippen molar-refractivity contribution < 1.29 is 19.1 Å². The maximum atomic E-state index is 13.4. The molecule has 0 bridgehead atoms. The molecule has 0 unspecified atom stereocenters. The van der Waals surface area contributed by atoms with Gasteiger partial charge in [0.1, 0.15) is 10.8 Å². The van der Waals surface area contributed by atoms with Crippen LogP contribution in [0.15, 0.2) is 52.0 Å². The average molecular weight is 470 g/mol. The van der Waals surface area contributed by atoms with Gasteiger partial charge in [-0.25, -0.2) is 4.79 Å². The van der Waals surface area contributed by atoms with Crippen LogP contribution in [0.25, 0.3) is 16.5 Å². The Morgan fingerprint density at radius 1 is 1.19 bits per heavy atom. The fourth-order valence-corrected chi connectivity index (χ4v) is 4.81. The van der Waals surface area contributed by atoms with Crippen LogP contribution in [0.5, 0.6) is 5.75 Å². The molecule has 0 radical (unpaired) electrons. The van der Waals surface area contributed by atoms with Gasteiger partial charge in [-0.3, -0.25) is 9.59 Å². The number of anilines is 1. The molecule has 164 valence electrons. The Kier molecular flexibility index (Phi) is 6.33. The monoisotopic (exact) mass is 469 g/mol. The van der Waals surface area contributed by atoms with Crippen molar-refractivity contribution >= 4 is 50.3 Å². The maximum absolute atomic E-state index is 13.4. The van der Waals surface area contributed by atoms with E-state index in [9.17, 15) is 14.4 Å². The van der Waals surface area contributed by atoms with E-state index in [-0.39, 0.29) is 30.0 Å². The number of hydrogen-bond donors (Lipinski definition) is 1. The van der Waals surface area contributed by atoms with Gasteiger partial charge in [-0.2, -0.15) is 9.78 Å². The van der Waals surface area contributed by atoms with Crippen LogP contribution in [0.3, 0.4) is 0 Å². The van der Waals surface area contributed by atoms with Crippen LogP contribution in [0.1, 0.15) is 22.3 Å². The van der Waals surface area contributed by atoms with Crippen LogP contribution in [-0.2, 0) is 16.0 Å². The van der Waals surface area contributed by atoms with Crippen molar-refractivity contribution in [2.75, 3.05) is 19.0 Å². The lowest BCUT2D eigenvalue weighted by Crippen LogP contribution is -2.25. The molecule has 3 aromatic heterocycles. The van der Waals surface area contributed by atoms with Crippen LogP contribution in [0.2, 0.25) is 0 Å². The van der Waals surface area contributed by atoms with Crippen LogP contribution in [0.4, 0.5) is 5.00 Å². The zero-order valence-electron chi connectivity index (χ0n) is 17.3.